The zero-order valence-electron chi connectivity index (χ0n) is 13.6. The maximum Gasteiger partial charge on any atom is 0.255 e. The van der Waals surface area contributed by atoms with Gasteiger partial charge in [-0.3, -0.25) is 4.79 Å². The van der Waals surface area contributed by atoms with E-state index in [2.05, 4.69) is 39.9 Å². The van der Waals surface area contributed by atoms with Gasteiger partial charge in [0.2, 0.25) is 0 Å². The first kappa shape index (κ1) is 16.5. The predicted octanol–water partition coefficient (Wildman–Crippen LogP) is 4.01. The molecular weight excluding hydrogens is 248 g/mol. The summed E-state index contributed by atoms with van der Waals surface area (Å²) in [6, 6.07) is 8.29. The molecule has 0 aliphatic rings. The van der Waals surface area contributed by atoms with Gasteiger partial charge >= 0.3 is 0 Å². The van der Waals surface area contributed by atoms with Crippen LogP contribution >= 0.6 is 0 Å². The zero-order valence-corrected chi connectivity index (χ0v) is 13.6. The Balaban J connectivity index is 2.91. The molecule has 1 rings (SSSR count). The smallest absolute Gasteiger partial charge is 0.255 e. The largest absolute Gasteiger partial charge is 0.382 e. The van der Waals surface area contributed by atoms with Crippen molar-refractivity contribution in [3.63, 3.8) is 0 Å². The number of nitrogens with one attached hydrogen (secondary N) is 1. The monoisotopic (exact) mass is 276 g/mol. The highest BCUT2D eigenvalue weighted by Crippen LogP contribution is 2.20. The normalized spacial score (nSPS) is 12.6. The number of rotatable bonds is 6. The van der Waals surface area contributed by atoms with Crippen LogP contribution in [0.3, 0.4) is 0 Å². The third-order valence-corrected chi connectivity index (χ3v) is 3.40. The molecule has 0 aliphatic heterocycles. The highest BCUT2D eigenvalue weighted by Gasteiger charge is 2.20. The van der Waals surface area contributed by atoms with Gasteiger partial charge in [0.15, 0.2) is 0 Å². The van der Waals surface area contributed by atoms with E-state index in [-0.39, 0.29) is 11.9 Å². The summed E-state index contributed by atoms with van der Waals surface area (Å²) in [6.45, 7) is 10.6. The number of carbonyl (C=O) groups is 1. The first-order valence-corrected chi connectivity index (χ1v) is 7.45. The molecule has 0 saturated heterocycles. The zero-order chi connectivity index (χ0) is 15.3. The summed E-state index contributed by atoms with van der Waals surface area (Å²) in [5.41, 5.74) is 1.66. The summed E-state index contributed by atoms with van der Waals surface area (Å²) >= 11 is 0. The van der Waals surface area contributed by atoms with Gasteiger partial charge in [0.1, 0.15) is 0 Å². The van der Waals surface area contributed by atoms with Crippen molar-refractivity contribution in [2.45, 2.75) is 53.1 Å². The van der Waals surface area contributed by atoms with E-state index in [1.54, 1.807) is 0 Å². The molecule has 0 heterocycles. The molecule has 3 heteroatoms. The molecule has 0 saturated carbocycles. The van der Waals surface area contributed by atoms with E-state index in [0.29, 0.717) is 12.0 Å². The Hall–Kier alpha value is -1.51. The fourth-order valence-corrected chi connectivity index (χ4v) is 2.34. The lowest BCUT2D eigenvalue weighted by Crippen LogP contribution is -2.36. The van der Waals surface area contributed by atoms with E-state index in [9.17, 15) is 4.79 Å². The average molecular weight is 276 g/mol. The summed E-state index contributed by atoms with van der Waals surface area (Å²) in [6.07, 6.45) is 1.02. The van der Waals surface area contributed by atoms with E-state index in [1.807, 2.05) is 36.2 Å². The van der Waals surface area contributed by atoms with Crippen LogP contribution in [-0.4, -0.2) is 29.9 Å². The lowest BCUT2D eigenvalue weighted by Gasteiger charge is -2.27. The van der Waals surface area contributed by atoms with Gasteiger partial charge in [-0.15, -0.1) is 0 Å². The Bertz CT molecular complexity index is 440. The van der Waals surface area contributed by atoms with Crippen LogP contribution < -0.4 is 5.32 Å². The molecule has 0 spiro atoms. The molecule has 0 radical (unpaired) electrons. The fraction of sp³-hybridized carbons (Fsp3) is 0.588. The molecule has 1 aromatic carbocycles. The van der Waals surface area contributed by atoms with Gasteiger partial charge in [0.25, 0.3) is 5.91 Å². The first-order chi connectivity index (χ1) is 9.32. The highest BCUT2D eigenvalue weighted by atomic mass is 16.2. The number of anilines is 1. The number of hydrogen-bond acceptors (Lipinski definition) is 2. The summed E-state index contributed by atoms with van der Waals surface area (Å²) < 4.78 is 0. The van der Waals surface area contributed by atoms with Crippen LogP contribution in [0.4, 0.5) is 5.69 Å². The topological polar surface area (TPSA) is 32.3 Å². The van der Waals surface area contributed by atoms with E-state index in [0.717, 1.165) is 17.7 Å². The van der Waals surface area contributed by atoms with Gasteiger partial charge in [-0.2, -0.15) is 0 Å². The minimum absolute atomic E-state index is 0.0851. The van der Waals surface area contributed by atoms with Crippen molar-refractivity contribution in [2.75, 3.05) is 12.4 Å². The van der Waals surface area contributed by atoms with Crippen molar-refractivity contribution in [1.82, 2.24) is 4.90 Å². The second-order valence-corrected chi connectivity index (χ2v) is 6.24. The highest BCUT2D eigenvalue weighted by molar-refractivity contribution is 5.99. The number of para-hydroxylation sites is 1. The lowest BCUT2D eigenvalue weighted by molar-refractivity contribution is 0.0729. The molecular formula is C17H28N2O. The molecule has 20 heavy (non-hydrogen) atoms. The summed E-state index contributed by atoms with van der Waals surface area (Å²) in [5.74, 6) is 0.672. The second-order valence-electron chi connectivity index (χ2n) is 6.24. The third kappa shape index (κ3) is 4.55. The van der Waals surface area contributed by atoms with Crippen LogP contribution in [0, 0.1) is 5.92 Å². The van der Waals surface area contributed by atoms with Gasteiger partial charge in [-0.05, 0) is 45.2 Å². The first-order valence-electron chi connectivity index (χ1n) is 7.45. The number of benzene rings is 1. The Morgan fingerprint density at radius 3 is 2.30 bits per heavy atom. The summed E-state index contributed by atoms with van der Waals surface area (Å²) in [5, 5.41) is 3.34. The lowest BCUT2D eigenvalue weighted by atomic mass is 10.0. The van der Waals surface area contributed by atoms with E-state index < -0.39 is 0 Å². The molecule has 1 unspecified atom stereocenters. The van der Waals surface area contributed by atoms with Crippen molar-refractivity contribution >= 4 is 11.6 Å². The molecule has 1 amide bonds. The van der Waals surface area contributed by atoms with Gasteiger partial charge in [0.05, 0.1) is 5.56 Å². The Kier molecular flexibility index (Phi) is 6.05. The predicted molar refractivity (Wildman–Crippen MR) is 86.2 cm³/mol. The van der Waals surface area contributed by atoms with Crippen LogP contribution in [0.25, 0.3) is 0 Å². The molecule has 1 atom stereocenters. The number of hydrogen-bond donors (Lipinski definition) is 1. The molecule has 1 N–H and O–H groups in total. The molecule has 1 aromatic rings. The van der Waals surface area contributed by atoms with E-state index >= 15 is 0 Å². The Labute approximate surface area is 123 Å². The van der Waals surface area contributed by atoms with Crippen molar-refractivity contribution in [3.8, 4) is 0 Å². The van der Waals surface area contributed by atoms with Gasteiger partial charge in [-0.25, -0.2) is 0 Å². The molecule has 3 nitrogen and oxygen atoms in total. The quantitative estimate of drug-likeness (QED) is 0.851. The van der Waals surface area contributed by atoms with Crippen LogP contribution in [0.2, 0.25) is 0 Å². The van der Waals surface area contributed by atoms with E-state index in [4.69, 9.17) is 0 Å². The van der Waals surface area contributed by atoms with E-state index in [1.165, 1.54) is 0 Å². The average Bonchev–Trinajstić information content (AvgIpc) is 2.36. The standard InChI is InChI=1S/C17H28N2O/c1-12(2)11-14(5)19(6)17(20)15-9-7-8-10-16(15)18-13(3)4/h7-10,12-14,18H,11H2,1-6H3. The SMILES string of the molecule is CC(C)CC(C)N(C)C(=O)c1ccccc1NC(C)C. The third-order valence-electron chi connectivity index (χ3n) is 3.40. The van der Waals surface area contributed by atoms with Crippen LogP contribution in [-0.2, 0) is 0 Å². The van der Waals surface area contributed by atoms with Crippen molar-refractivity contribution < 1.29 is 4.79 Å². The van der Waals surface area contributed by atoms with Gasteiger partial charge < -0.3 is 10.2 Å². The maximum atomic E-state index is 12.7. The van der Waals surface area contributed by atoms with Crippen molar-refractivity contribution in [3.05, 3.63) is 29.8 Å². The number of carbonyl (C=O) groups excluding carboxylic acids is 1. The Morgan fingerprint density at radius 1 is 1.15 bits per heavy atom. The summed E-state index contributed by atoms with van der Waals surface area (Å²) in [4.78, 5) is 14.5. The minimum Gasteiger partial charge on any atom is -0.382 e. The van der Waals surface area contributed by atoms with Crippen LogP contribution in [0.1, 0.15) is 51.4 Å². The number of nitrogens with zero attached hydrogens (tertiary/aromatic N) is 1. The maximum absolute atomic E-state index is 12.7. The van der Waals surface area contributed by atoms with Gasteiger partial charge in [-0.1, -0.05) is 26.0 Å². The van der Waals surface area contributed by atoms with Crippen molar-refractivity contribution in [2.24, 2.45) is 5.92 Å². The molecule has 0 bridgehead atoms. The molecule has 112 valence electrons. The number of amides is 1. The van der Waals surface area contributed by atoms with Gasteiger partial charge in [0, 0.05) is 24.8 Å². The fourth-order valence-electron chi connectivity index (χ4n) is 2.34. The summed E-state index contributed by atoms with van der Waals surface area (Å²) in [7, 11) is 1.89. The molecule has 0 fully saturated rings. The Morgan fingerprint density at radius 2 is 1.75 bits per heavy atom. The van der Waals surface area contributed by atoms with Crippen LogP contribution in [0.5, 0.6) is 0 Å². The molecule has 0 aliphatic carbocycles. The minimum atomic E-state index is 0.0851. The second kappa shape index (κ2) is 7.32. The van der Waals surface area contributed by atoms with Crippen LogP contribution in [0.15, 0.2) is 24.3 Å². The van der Waals surface area contributed by atoms with Crippen molar-refractivity contribution in [1.29, 1.82) is 0 Å². The molecule has 0 aromatic heterocycles.